The second-order valence-electron chi connectivity index (χ2n) is 7.36. The van der Waals surface area contributed by atoms with Gasteiger partial charge in [-0.05, 0) is 44.5 Å². The van der Waals surface area contributed by atoms with Crippen LogP contribution in [0.5, 0.6) is 5.75 Å². The van der Waals surface area contributed by atoms with E-state index < -0.39 is 18.0 Å². The molecule has 2 aromatic heterocycles. The van der Waals surface area contributed by atoms with Crippen molar-refractivity contribution in [3.05, 3.63) is 58.6 Å². The number of carbonyl (C=O) groups excluding carboxylic acids is 2. The minimum Gasteiger partial charge on any atom is -0.497 e. The highest BCUT2D eigenvalue weighted by molar-refractivity contribution is 7.99. The van der Waals surface area contributed by atoms with Crippen molar-refractivity contribution in [2.75, 3.05) is 19.5 Å². The lowest BCUT2D eigenvalue weighted by atomic mass is 9.95. The molecule has 1 unspecified atom stereocenters. The van der Waals surface area contributed by atoms with Crippen LogP contribution in [0, 0.1) is 13.8 Å². The SMILES string of the molecule is CCOC(=O)C1=C(CSc2nnc3nc(C)cc(C)n23)NC(=O)NC1c1ccc(OC)cc1. The van der Waals surface area contributed by atoms with Gasteiger partial charge < -0.3 is 20.1 Å². The third kappa shape index (κ3) is 4.63. The summed E-state index contributed by atoms with van der Waals surface area (Å²) in [4.78, 5) is 29.8. The molecule has 11 heteroatoms. The van der Waals surface area contributed by atoms with Gasteiger partial charge in [0, 0.05) is 22.8 Å². The molecule has 172 valence electrons. The van der Waals surface area contributed by atoms with Gasteiger partial charge in [-0.1, -0.05) is 23.9 Å². The third-order valence-electron chi connectivity index (χ3n) is 5.11. The number of urea groups is 1. The summed E-state index contributed by atoms with van der Waals surface area (Å²) in [5.74, 6) is 0.956. The molecule has 1 aromatic carbocycles. The van der Waals surface area contributed by atoms with Crippen molar-refractivity contribution in [2.45, 2.75) is 32.0 Å². The number of nitrogens with one attached hydrogen (secondary N) is 2. The summed E-state index contributed by atoms with van der Waals surface area (Å²) >= 11 is 1.35. The molecule has 2 N–H and O–H groups in total. The first-order chi connectivity index (χ1) is 15.9. The number of aromatic nitrogens is 4. The van der Waals surface area contributed by atoms with Crippen LogP contribution in [-0.2, 0) is 9.53 Å². The van der Waals surface area contributed by atoms with E-state index in [0.717, 1.165) is 17.0 Å². The van der Waals surface area contributed by atoms with E-state index in [0.29, 0.717) is 28.0 Å². The van der Waals surface area contributed by atoms with Gasteiger partial charge in [-0.15, -0.1) is 10.2 Å². The van der Waals surface area contributed by atoms with Crippen LogP contribution in [0.4, 0.5) is 4.79 Å². The Morgan fingerprint density at radius 3 is 2.67 bits per heavy atom. The maximum atomic E-state index is 12.9. The topological polar surface area (TPSA) is 120 Å². The third-order valence-corrected chi connectivity index (χ3v) is 6.06. The molecule has 3 aromatic rings. The molecule has 4 rings (SSSR count). The second kappa shape index (κ2) is 9.49. The van der Waals surface area contributed by atoms with E-state index in [1.54, 1.807) is 26.2 Å². The van der Waals surface area contributed by atoms with Crippen LogP contribution in [0.3, 0.4) is 0 Å². The van der Waals surface area contributed by atoms with Gasteiger partial charge in [-0.3, -0.25) is 4.40 Å². The quantitative estimate of drug-likeness (QED) is 0.401. The van der Waals surface area contributed by atoms with E-state index in [1.165, 1.54) is 11.8 Å². The number of carbonyl (C=O) groups is 2. The minimum atomic E-state index is -0.666. The molecule has 1 aliphatic heterocycles. The Balaban J connectivity index is 1.70. The van der Waals surface area contributed by atoms with E-state index in [-0.39, 0.29) is 12.4 Å². The lowest BCUT2D eigenvalue weighted by molar-refractivity contribution is -0.139. The Morgan fingerprint density at radius 2 is 1.97 bits per heavy atom. The molecular formula is C22H24N6O4S. The molecular weight excluding hydrogens is 444 g/mol. The molecule has 3 heterocycles. The highest BCUT2D eigenvalue weighted by Gasteiger charge is 2.34. The van der Waals surface area contributed by atoms with Crippen molar-refractivity contribution in [3.63, 3.8) is 0 Å². The maximum absolute atomic E-state index is 12.9. The van der Waals surface area contributed by atoms with E-state index >= 15 is 0 Å². The number of rotatable bonds is 7. The zero-order chi connectivity index (χ0) is 23.5. The van der Waals surface area contributed by atoms with Gasteiger partial charge in [0.25, 0.3) is 5.78 Å². The summed E-state index contributed by atoms with van der Waals surface area (Å²) in [6.07, 6.45) is 0. The van der Waals surface area contributed by atoms with E-state index in [1.807, 2.05) is 36.4 Å². The largest absolute Gasteiger partial charge is 0.497 e. The number of amides is 2. The standard InChI is InChI=1S/C22H24N6O4S/c1-5-32-19(29)17-16(11-33-22-27-26-20-23-12(2)10-13(3)28(20)22)24-21(30)25-18(17)14-6-8-15(31-4)9-7-14/h6-10,18H,5,11H2,1-4H3,(H2,24,25,30). The van der Waals surface area contributed by atoms with Gasteiger partial charge in [-0.25, -0.2) is 14.6 Å². The monoisotopic (exact) mass is 468 g/mol. The lowest BCUT2D eigenvalue weighted by Gasteiger charge is -2.29. The number of hydrogen-bond acceptors (Lipinski definition) is 8. The number of fused-ring (bicyclic) bond motifs is 1. The zero-order valence-corrected chi connectivity index (χ0v) is 19.5. The van der Waals surface area contributed by atoms with Crippen molar-refractivity contribution in [1.29, 1.82) is 0 Å². The molecule has 0 aliphatic carbocycles. The number of ether oxygens (including phenoxy) is 2. The molecule has 0 radical (unpaired) electrons. The van der Waals surface area contributed by atoms with Crippen molar-refractivity contribution in [3.8, 4) is 5.75 Å². The predicted octanol–water partition coefficient (Wildman–Crippen LogP) is 2.71. The van der Waals surface area contributed by atoms with Crippen molar-refractivity contribution in [1.82, 2.24) is 30.2 Å². The number of thioether (sulfide) groups is 1. The summed E-state index contributed by atoms with van der Waals surface area (Å²) in [6.45, 7) is 5.80. The minimum absolute atomic E-state index is 0.213. The first-order valence-corrected chi connectivity index (χ1v) is 11.3. The molecule has 2 amide bonds. The van der Waals surface area contributed by atoms with Gasteiger partial charge in [0.2, 0.25) is 0 Å². The van der Waals surface area contributed by atoms with Crippen molar-refractivity contribution < 1.29 is 19.1 Å². The molecule has 10 nitrogen and oxygen atoms in total. The fourth-order valence-electron chi connectivity index (χ4n) is 3.66. The predicted molar refractivity (Wildman–Crippen MR) is 122 cm³/mol. The van der Waals surface area contributed by atoms with Crippen LogP contribution in [0.25, 0.3) is 5.78 Å². The van der Waals surface area contributed by atoms with E-state index in [9.17, 15) is 9.59 Å². The molecule has 33 heavy (non-hydrogen) atoms. The Morgan fingerprint density at radius 1 is 1.21 bits per heavy atom. The number of methoxy groups -OCH3 is 1. The van der Waals surface area contributed by atoms with Crippen LogP contribution in [0.15, 0.2) is 46.8 Å². The van der Waals surface area contributed by atoms with Gasteiger partial charge in [0.1, 0.15) is 5.75 Å². The van der Waals surface area contributed by atoms with Crippen LogP contribution in [0.1, 0.15) is 29.9 Å². The van der Waals surface area contributed by atoms with Gasteiger partial charge >= 0.3 is 12.0 Å². The van der Waals surface area contributed by atoms with Gasteiger partial charge in [-0.2, -0.15) is 0 Å². The summed E-state index contributed by atoms with van der Waals surface area (Å²) in [5.41, 5.74) is 3.32. The highest BCUT2D eigenvalue weighted by Crippen LogP contribution is 2.31. The number of esters is 1. The summed E-state index contributed by atoms with van der Waals surface area (Å²) < 4.78 is 12.4. The molecule has 0 saturated carbocycles. The lowest BCUT2D eigenvalue weighted by Crippen LogP contribution is -2.46. The normalized spacial score (nSPS) is 15.9. The first kappa shape index (κ1) is 22.6. The fraction of sp³-hybridized carbons (Fsp3) is 0.318. The summed E-state index contributed by atoms with van der Waals surface area (Å²) in [6, 6.07) is 8.04. The number of benzene rings is 1. The first-order valence-electron chi connectivity index (χ1n) is 10.3. The smallest absolute Gasteiger partial charge is 0.338 e. The highest BCUT2D eigenvalue weighted by atomic mass is 32.2. The van der Waals surface area contributed by atoms with Crippen LogP contribution >= 0.6 is 11.8 Å². The van der Waals surface area contributed by atoms with Crippen LogP contribution in [0.2, 0.25) is 0 Å². The van der Waals surface area contributed by atoms with E-state index in [2.05, 4.69) is 25.8 Å². The molecule has 0 fully saturated rings. The number of hydrogen-bond donors (Lipinski definition) is 2. The average molecular weight is 469 g/mol. The molecule has 0 bridgehead atoms. The Hall–Kier alpha value is -3.60. The van der Waals surface area contributed by atoms with E-state index in [4.69, 9.17) is 9.47 Å². The second-order valence-corrected chi connectivity index (χ2v) is 8.31. The molecule has 1 atom stereocenters. The summed E-state index contributed by atoms with van der Waals surface area (Å²) in [7, 11) is 1.58. The summed E-state index contributed by atoms with van der Waals surface area (Å²) in [5, 5.41) is 14.6. The van der Waals surface area contributed by atoms with Gasteiger partial charge in [0.05, 0.1) is 25.3 Å². The van der Waals surface area contributed by atoms with Crippen LogP contribution < -0.4 is 15.4 Å². The zero-order valence-electron chi connectivity index (χ0n) is 18.7. The Labute approximate surface area is 194 Å². The molecule has 0 spiro atoms. The maximum Gasteiger partial charge on any atom is 0.338 e. The van der Waals surface area contributed by atoms with Gasteiger partial charge in [0.15, 0.2) is 5.16 Å². The number of nitrogens with zero attached hydrogens (tertiary/aromatic N) is 4. The van der Waals surface area contributed by atoms with Crippen molar-refractivity contribution >= 4 is 29.5 Å². The average Bonchev–Trinajstić information content (AvgIpc) is 3.20. The number of aryl methyl sites for hydroxylation is 2. The van der Waals surface area contributed by atoms with Crippen molar-refractivity contribution in [2.24, 2.45) is 0 Å². The Bertz CT molecular complexity index is 1240. The fourth-order valence-corrected chi connectivity index (χ4v) is 4.61. The molecule has 0 saturated heterocycles. The van der Waals surface area contributed by atoms with Crippen LogP contribution in [-0.4, -0.2) is 51.1 Å². The Kier molecular flexibility index (Phi) is 6.50. The molecule has 1 aliphatic rings.